The number of hydrogen-bond donors (Lipinski definition) is 0. The fraction of sp³-hybridized carbons (Fsp3) is 0.111. The predicted octanol–water partition coefficient (Wildman–Crippen LogP) is 1.00. The summed E-state index contributed by atoms with van der Waals surface area (Å²) in [5.74, 6) is -0.460. The first-order chi connectivity index (χ1) is 6.20. The molecule has 1 aliphatic heterocycles. The SMILES string of the molecule is CN1C(=O)[N]C(=O)c2ccccc21. The number of carbonyl (C=O) groups is 2. The van der Waals surface area contributed by atoms with Crippen LogP contribution in [0.2, 0.25) is 0 Å². The van der Waals surface area contributed by atoms with Crippen LogP contribution in [0.4, 0.5) is 10.5 Å². The molecule has 1 aliphatic rings. The van der Waals surface area contributed by atoms with Gasteiger partial charge in [0, 0.05) is 7.05 Å². The molecule has 0 aliphatic carbocycles. The zero-order valence-electron chi connectivity index (χ0n) is 7.02. The summed E-state index contributed by atoms with van der Waals surface area (Å²) in [5, 5.41) is 3.35. The minimum atomic E-state index is -0.510. The molecule has 0 atom stereocenters. The summed E-state index contributed by atoms with van der Waals surface area (Å²) in [7, 11) is 1.59. The molecule has 0 aromatic heterocycles. The van der Waals surface area contributed by atoms with E-state index < -0.39 is 11.9 Å². The van der Waals surface area contributed by atoms with Gasteiger partial charge in [0.2, 0.25) is 0 Å². The van der Waals surface area contributed by atoms with Crippen molar-refractivity contribution in [3.63, 3.8) is 0 Å². The van der Waals surface area contributed by atoms with Crippen molar-refractivity contribution in [2.75, 3.05) is 11.9 Å². The lowest BCUT2D eigenvalue weighted by atomic mass is 10.1. The van der Waals surface area contributed by atoms with Crippen LogP contribution in [0, 0.1) is 0 Å². The molecule has 1 aromatic carbocycles. The Balaban J connectivity index is 2.60. The molecule has 0 spiro atoms. The van der Waals surface area contributed by atoms with Gasteiger partial charge in [-0.1, -0.05) is 12.1 Å². The van der Waals surface area contributed by atoms with Crippen LogP contribution in [-0.4, -0.2) is 19.0 Å². The molecular formula is C9H7N2O2. The van der Waals surface area contributed by atoms with E-state index >= 15 is 0 Å². The lowest BCUT2D eigenvalue weighted by Gasteiger charge is -2.22. The van der Waals surface area contributed by atoms with Gasteiger partial charge in [0.05, 0.1) is 11.3 Å². The maximum Gasteiger partial charge on any atom is 0.351 e. The van der Waals surface area contributed by atoms with Crippen LogP contribution in [0.25, 0.3) is 0 Å². The summed E-state index contributed by atoms with van der Waals surface area (Å²) < 4.78 is 0. The first-order valence-corrected chi connectivity index (χ1v) is 3.83. The smallest absolute Gasteiger partial charge is 0.295 e. The highest BCUT2D eigenvalue weighted by molar-refractivity contribution is 6.16. The summed E-state index contributed by atoms with van der Waals surface area (Å²) in [6, 6.07) is 6.39. The second-order valence-corrected chi connectivity index (χ2v) is 2.78. The van der Waals surface area contributed by atoms with E-state index in [4.69, 9.17) is 0 Å². The number of benzene rings is 1. The van der Waals surface area contributed by atoms with Crippen molar-refractivity contribution in [2.24, 2.45) is 0 Å². The molecule has 0 unspecified atom stereocenters. The molecule has 0 saturated carbocycles. The Morgan fingerprint density at radius 2 is 1.92 bits per heavy atom. The van der Waals surface area contributed by atoms with Gasteiger partial charge in [-0.05, 0) is 12.1 Å². The molecule has 0 fully saturated rings. The fourth-order valence-electron chi connectivity index (χ4n) is 1.27. The van der Waals surface area contributed by atoms with Gasteiger partial charge < -0.3 is 0 Å². The van der Waals surface area contributed by atoms with Crippen molar-refractivity contribution in [3.8, 4) is 0 Å². The zero-order valence-corrected chi connectivity index (χ0v) is 7.02. The number of anilines is 1. The molecule has 65 valence electrons. The summed E-state index contributed by atoms with van der Waals surface area (Å²) in [6.45, 7) is 0. The average molecular weight is 175 g/mol. The number of rotatable bonds is 0. The van der Waals surface area contributed by atoms with Crippen LogP contribution in [0.1, 0.15) is 10.4 Å². The Bertz CT molecular complexity index is 387. The minimum Gasteiger partial charge on any atom is -0.295 e. The van der Waals surface area contributed by atoms with Crippen LogP contribution < -0.4 is 10.2 Å². The maximum atomic E-state index is 11.2. The van der Waals surface area contributed by atoms with Crippen LogP contribution in [0.3, 0.4) is 0 Å². The van der Waals surface area contributed by atoms with E-state index in [1.807, 2.05) is 0 Å². The van der Waals surface area contributed by atoms with Gasteiger partial charge in [-0.3, -0.25) is 9.69 Å². The summed E-state index contributed by atoms with van der Waals surface area (Å²) >= 11 is 0. The highest BCUT2D eigenvalue weighted by atomic mass is 16.2. The quantitative estimate of drug-likeness (QED) is 0.590. The van der Waals surface area contributed by atoms with Crippen molar-refractivity contribution in [2.45, 2.75) is 0 Å². The number of hydrogen-bond acceptors (Lipinski definition) is 2. The number of urea groups is 1. The molecule has 3 amide bonds. The molecule has 1 aromatic rings. The van der Waals surface area contributed by atoms with Gasteiger partial charge >= 0.3 is 6.03 Å². The van der Waals surface area contributed by atoms with Crippen molar-refractivity contribution >= 4 is 17.6 Å². The topological polar surface area (TPSA) is 51.5 Å². The number of fused-ring (bicyclic) bond motifs is 1. The first kappa shape index (κ1) is 7.79. The van der Waals surface area contributed by atoms with E-state index in [1.165, 1.54) is 4.90 Å². The Kier molecular flexibility index (Phi) is 1.55. The lowest BCUT2D eigenvalue weighted by Crippen LogP contribution is -2.41. The van der Waals surface area contributed by atoms with Crippen molar-refractivity contribution in [3.05, 3.63) is 29.8 Å². The van der Waals surface area contributed by atoms with E-state index in [0.717, 1.165) is 0 Å². The summed E-state index contributed by atoms with van der Waals surface area (Å²) in [5.41, 5.74) is 1.09. The van der Waals surface area contributed by atoms with E-state index in [1.54, 1.807) is 31.3 Å². The van der Waals surface area contributed by atoms with Crippen LogP contribution in [0.15, 0.2) is 24.3 Å². The zero-order chi connectivity index (χ0) is 9.42. The van der Waals surface area contributed by atoms with E-state index in [2.05, 4.69) is 5.32 Å². The highest BCUT2D eigenvalue weighted by Gasteiger charge is 2.27. The van der Waals surface area contributed by atoms with Gasteiger partial charge in [0.1, 0.15) is 0 Å². The second kappa shape index (κ2) is 2.58. The number of nitrogens with zero attached hydrogens (tertiary/aromatic N) is 2. The van der Waals surface area contributed by atoms with Gasteiger partial charge in [-0.25, -0.2) is 4.79 Å². The molecule has 0 bridgehead atoms. The van der Waals surface area contributed by atoms with Crippen molar-refractivity contribution in [1.29, 1.82) is 0 Å². The van der Waals surface area contributed by atoms with Crippen molar-refractivity contribution < 1.29 is 9.59 Å². The molecule has 0 saturated heterocycles. The minimum absolute atomic E-state index is 0.460. The molecule has 2 rings (SSSR count). The van der Waals surface area contributed by atoms with Crippen LogP contribution in [0.5, 0.6) is 0 Å². The number of para-hydroxylation sites is 1. The first-order valence-electron chi connectivity index (χ1n) is 3.83. The van der Waals surface area contributed by atoms with Crippen molar-refractivity contribution in [1.82, 2.24) is 5.32 Å². The Morgan fingerprint density at radius 3 is 2.69 bits per heavy atom. The Hall–Kier alpha value is -1.84. The monoisotopic (exact) mass is 175 g/mol. The normalized spacial score (nSPS) is 15.3. The van der Waals surface area contributed by atoms with Gasteiger partial charge in [-0.2, -0.15) is 5.32 Å². The predicted molar refractivity (Wildman–Crippen MR) is 46.7 cm³/mol. The molecule has 1 heterocycles. The molecule has 4 nitrogen and oxygen atoms in total. The van der Waals surface area contributed by atoms with Gasteiger partial charge in [0.15, 0.2) is 0 Å². The average Bonchev–Trinajstić information content (AvgIpc) is 2.15. The molecule has 13 heavy (non-hydrogen) atoms. The highest BCUT2D eigenvalue weighted by Crippen LogP contribution is 2.22. The van der Waals surface area contributed by atoms with Crippen LogP contribution in [-0.2, 0) is 0 Å². The summed E-state index contributed by atoms with van der Waals surface area (Å²) in [4.78, 5) is 23.7. The molecule has 0 N–H and O–H groups in total. The van der Waals surface area contributed by atoms with Gasteiger partial charge in [0.25, 0.3) is 5.91 Å². The van der Waals surface area contributed by atoms with Crippen LogP contribution >= 0.6 is 0 Å². The standard InChI is InChI=1S/C9H7N2O2/c1-11-7-5-3-2-4-6(7)8(12)10-9(11)13/h2-5H,1H3. The van der Waals surface area contributed by atoms with Gasteiger partial charge in [-0.15, -0.1) is 0 Å². The Morgan fingerprint density at radius 1 is 1.23 bits per heavy atom. The third kappa shape index (κ3) is 1.07. The fourth-order valence-corrected chi connectivity index (χ4v) is 1.27. The Labute approximate surface area is 75.2 Å². The number of carbonyl (C=O) groups excluding carboxylic acids is 2. The third-order valence-corrected chi connectivity index (χ3v) is 1.98. The van der Waals surface area contributed by atoms with E-state index in [0.29, 0.717) is 11.3 Å². The maximum absolute atomic E-state index is 11.2. The van der Waals surface area contributed by atoms with E-state index in [-0.39, 0.29) is 0 Å². The molecule has 1 radical (unpaired) electrons. The molecular weight excluding hydrogens is 168 g/mol. The third-order valence-electron chi connectivity index (χ3n) is 1.98. The summed E-state index contributed by atoms with van der Waals surface area (Å²) in [6.07, 6.45) is 0. The van der Waals surface area contributed by atoms with E-state index in [9.17, 15) is 9.59 Å². The number of imide groups is 1. The lowest BCUT2D eigenvalue weighted by molar-refractivity contribution is 0.0958. The number of amides is 3. The largest absolute Gasteiger partial charge is 0.351 e. The second-order valence-electron chi connectivity index (χ2n) is 2.78. The molecule has 4 heteroatoms.